The van der Waals surface area contributed by atoms with Crippen LogP contribution >= 0.6 is 0 Å². The van der Waals surface area contributed by atoms with Crippen LogP contribution in [-0.4, -0.2) is 46.1 Å². The first-order chi connectivity index (χ1) is 10.3. The molecule has 2 aliphatic rings. The van der Waals surface area contributed by atoms with Crippen LogP contribution < -0.4 is 5.32 Å². The number of likely N-dealkylation sites (N-methyl/N-ethyl adjacent to an activating group) is 1. The van der Waals surface area contributed by atoms with E-state index >= 15 is 0 Å². The highest BCUT2D eigenvalue weighted by atomic mass is 15.2. The summed E-state index contributed by atoms with van der Waals surface area (Å²) < 4.78 is 2.42. The van der Waals surface area contributed by atoms with Gasteiger partial charge in [-0.25, -0.2) is 9.97 Å². The molecule has 0 amide bonds. The Morgan fingerprint density at radius 1 is 1.29 bits per heavy atom. The molecule has 21 heavy (non-hydrogen) atoms. The summed E-state index contributed by atoms with van der Waals surface area (Å²) in [5.41, 5.74) is 2.09. The number of nitrogens with zero attached hydrogens (tertiary/aromatic N) is 4. The predicted octanol–water partition coefficient (Wildman–Crippen LogP) is 2.12. The molecule has 2 aliphatic heterocycles. The largest absolute Gasteiger partial charge is 0.307 e. The molecule has 1 N–H and O–H groups in total. The number of imidazole rings is 1. The van der Waals surface area contributed by atoms with Gasteiger partial charge in [0.15, 0.2) is 5.65 Å². The van der Waals surface area contributed by atoms with Crippen LogP contribution in [0.15, 0.2) is 18.3 Å². The third-order valence-electron chi connectivity index (χ3n) is 4.83. The number of nitrogens with one attached hydrogen (secondary N) is 1. The third-order valence-corrected chi connectivity index (χ3v) is 4.83. The molecule has 2 saturated heterocycles. The van der Waals surface area contributed by atoms with Crippen molar-refractivity contribution in [3.05, 3.63) is 24.2 Å². The van der Waals surface area contributed by atoms with Gasteiger partial charge in [-0.1, -0.05) is 6.42 Å². The summed E-state index contributed by atoms with van der Waals surface area (Å²) in [6, 6.07) is 4.97. The minimum atomic E-state index is 0.388. The minimum Gasteiger partial charge on any atom is -0.307 e. The van der Waals surface area contributed by atoms with Crippen LogP contribution in [0.5, 0.6) is 0 Å². The summed E-state index contributed by atoms with van der Waals surface area (Å²) in [7, 11) is 2.20. The third kappa shape index (κ3) is 2.34. The molecule has 2 atom stereocenters. The fourth-order valence-electron chi connectivity index (χ4n) is 3.75. The Hall–Kier alpha value is -1.46. The van der Waals surface area contributed by atoms with Gasteiger partial charge in [0.1, 0.15) is 11.3 Å². The highest BCUT2D eigenvalue weighted by Gasteiger charge is 2.29. The fourth-order valence-corrected chi connectivity index (χ4v) is 3.75. The molecule has 0 radical (unpaired) electrons. The van der Waals surface area contributed by atoms with Gasteiger partial charge in [0.2, 0.25) is 0 Å². The molecule has 2 aromatic rings. The molecule has 0 aliphatic carbocycles. The molecule has 2 aromatic heterocycles. The van der Waals surface area contributed by atoms with E-state index in [0.717, 1.165) is 30.8 Å². The molecule has 0 bridgehead atoms. The number of piperidine rings is 1. The van der Waals surface area contributed by atoms with Crippen LogP contribution in [0, 0.1) is 0 Å². The van der Waals surface area contributed by atoms with Crippen molar-refractivity contribution in [2.24, 2.45) is 0 Å². The van der Waals surface area contributed by atoms with E-state index in [1.165, 1.54) is 31.5 Å². The van der Waals surface area contributed by atoms with Gasteiger partial charge in [0, 0.05) is 12.7 Å². The van der Waals surface area contributed by atoms with Gasteiger partial charge >= 0.3 is 0 Å². The summed E-state index contributed by atoms with van der Waals surface area (Å²) in [4.78, 5) is 11.9. The summed E-state index contributed by atoms with van der Waals surface area (Å²) >= 11 is 0. The Morgan fingerprint density at radius 2 is 2.24 bits per heavy atom. The van der Waals surface area contributed by atoms with Gasteiger partial charge in [-0.3, -0.25) is 0 Å². The summed E-state index contributed by atoms with van der Waals surface area (Å²) in [5, 5.41) is 3.65. The first kappa shape index (κ1) is 13.2. The van der Waals surface area contributed by atoms with Crippen LogP contribution in [0.3, 0.4) is 0 Å². The second-order valence-corrected chi connectivity index (χ2v) is 6.39. The van der Waals surface area contributed by atoms with Crippen LogP contribution in [-0.2, 0) is 0 Å². The molecule has 2 unspecified atom stereocenters. The summed E-state index contributed by atoms with van der Waals surface area (Å²) in [6.45, 7) is 3.36. The Labute approximate surface area is 125 Å². The molecule has 112 valence electrons. The van der Waals surface area contributed by atoms with Gasteiger partial charge in [0.05, 0.1) is 12.1 Å². The van der Waals surface area contributed by atoms with Crippen molar-refractivity contribution >= 4 is 11.2 Å². The van der Waals surface area contributed by atoms with Gasteiger partial charge in [0.25, 0.3) is 0 Å². The Balaban J connectivity index is 1.80. The minimum absolute atomic E-state index is 0.388. The molecule has 2 fully saturated rings. The van der Waals surface area contributed by atoms with E-state index in [9.17, 15) is 0 Å². The zero-order valence-corrected chi connectivity index (χ0v) is 12.6. The zero-order valence-electron chi connectivity index (χ0n) is 12.6. The molecule has 4 rings (SSSR count). The fraction of sp³-hybridized carbons (Fsp3) is 0.625. The van der Waals surface area contributed by atoms with Crippen molar-refractivity contribution in [2.75, 3.05) is 26.7 Å². The van der Waals surface area contributed by atoms with E-state index in [4.69, 9.17) is 4.98 Å². The van der Waals surface area contributed by atoms with Crippen molar-refractivity contribution in [3.63, 3.8) is 0 Å². The molecule has 5 nitrogen and oxygen atoms in total. The molecule has 4 heterocycles. The van der Waals surface area contributed by atoms with E-state index in [-0.39, 0.29) is 0 Å². The number of likely N-dealkylation sites (tertiary alicyclic amines) is 1. The molecule has 0 saturated carbocycles. The van der Waals surface area contributed by atoms with E-state index < -0.39 is 0 Å². The predicted molar refractivity (Wildman–Crippen MR) is 83.3 cm³/mol. The van der Waals surface area contributed by atoms with Crippen molar-refractivity contribution in [1.82, 2.24) is 24.8 Å². The Kier molecular flexibility index (Phi) is 3.39. The average Bonchev–Trinajstić information content (AvgIpc) is 3.11. The SMILES string of the molecule is CN1CCC(n2c(C3CCCCN3)nc3cccnc32)C1. The van der Waals surface area contributed by atoms with Crippen LogP contribution in [0.2, 0.25) is 0 Å². The van der Waals surface area contributed by atoms with Crippen molar-refractivity contribution in [2.45, 2.75) is 37.8 Å². The monoisotopic (exact) mass is 285 g/mol. The van der Waals surface area contributed by atoms with Gasteiger partial charge in [-0.05, 0) is 51.5 Å². The number of hydrogen-bond acceptors (Lipinski definition) is 4. The van der Waals surface area contributed by atoms with E-state index in [2.05, 4.69) is 32.9 Å². The van der Waals surface area contributed by atoms with Crippen LogP contribution in [0.1, 0.15) is 43.6 Å². The van der Waals surface area contributed by atoms with Crippen LogP contribution in [0.25, 0.3) is 11.2 Å². The summed E-state index contributed by atoms with van der Waals surface area (Å²) in [6.07, 6.45) is 6.83. The smallest absolute Gasteiger partial charge is 0.160 e. The maximum Gasteiger partial charge on any atom is 0.160 e. The lowest BCUT2D eigenvalue weighted by atomic mass is 10.0. The Bertz CT molecular complexity index is 629. The topological polar surface area (TPSA) is 46.0 Å². The number of hydrogen-bond donors (Lipinski definition) is 1. The molecular formula is C16H23N5. The van der Waals surface area contributed by atoms with Crippen molar-refractivity contribution in [1.29, 1.82) is 0 Å². The maximum absolute atomic E-state index is 4.93. The van der Waals surface area contributed by atoms with Gasteiger partial charge in [-0.15, -0.1) is 0 Å². The van der Waals surface area contributed by atoms with Gasteiger partial charge in [-0.2, -0.15) is 0 Å². The first-order valence-electron chi connectivity index (χ1n) is 8.08. The lowest BCUT2D eigenvalue weighted by Crippen LogP contribution is -2.30. The number of aromatic nitrogens is 3. The number of rotatable bonds is 2. The average molecular weight is 285 g/mol. The molecular weight excluding hydrogens is 262 g/mol. The van der Waals surface area contributed by atoms with Gasteiger partial charge < -0.3 is 14.8 Å². The second kappa shape index (κ2) is 5.39. The van der Waals surface area contributed by atoms with Crippen molar-refractivity contribution < 1.29 is 0 Å². The standard InChI is InChI=1S/C16H23N5/c1-20-10-7-12(11-20)21-15-14(6-4-9-18-15)19-16(21)13-5-2-3-8-17-13/h4,6,9,12-13,17H,2-3,5,7-8,10-11H2,1H3. The van der Waals surface area contributed by atoms with Crippen molar-refractivity contribution in [3.8, 4) is 0 Å². The normalized spacial score (nSPS) is 27.5. The molecule has 0 aromatic carbocycles. The highest BCUT2D eigenvalue weighted by molar-refractivity contribution is 5.71. The van der Waals surface area contributed by atoms with Crippen LogP contribution in [0.4, 0.5) is 0 Å². The summed E-state index contributed by atoms with van der Waals surface area (Å²) in [5.74, 6) is 1.20. The van der Waals surface area contributed by atoms with E-state index in [0.29, 0.717) is 12.1 Å². The maximum atomic E-state index is 4.93. The van der Waals surface area contributed by atoms with E-state index in [1.54, 1.807) is 0 Å². The second-order valence-electron chi connectivity index (χ2n) is 6.39. The zero-order chi connectivity index (χ0) is 14.2. The highest BCUT2D eigenvalue weighted by Crippen LogP contribution is 2.31. The first-order valence-corrected chi connectivity index (χ1v) is 8.08. The molecule has 0 spiro atoms. The number of pyridine rings is 1. The van der Waals surface area contributed by atoms with E-state index in [1.807, 2.05) is 12.3 Å². The number of fused-ring (bicyclic) bond motifs is 1. The Morgan fingerprint density at radius 3 is 3.00 bits per heavy atom. The lowest BCUT2D eigenvalue weighted by Gasteiger charge is -2.26. The quantitative estimate of drug-likeness (QED) is 0.918. The lowest BCUT2D eigenvalue weighted by molar-refractivity contribution is 0.361. The molecule has 5 heteroatoms.